The molecule has 2 heterocycles. The van der Waals surface area contributed by atoms with Crippen LogP contribution in [0.3, 0.4) is 0 Å². The quantitative estimate of drug-likeness (QED) is 0.783. The van der Waals surface area contributed by atoms with E-state index < -0.39 is 11.6 Å². The van der Waals surface area contributed by atoms with Crippen molar-refractivity contribution in [1.29, 1.82) is 0 Å². The number of nitrogens with zero attached hydrogens (tertiary/aromatic N) is 2. The summed E-state index contributed by atoms with van der Waals surface area (Å²) in [6, 6.07) is 13.4. The molecule has 1 fully saturated rings. The number of methoxy groups -OCH3 is 1. The van der Waals surface area contributed by atoms with Gasteiger partial charge in [0.2, 0.25) is 5.91 Å². The number of anilines is 1. The zero-order valence-corrected chi connectivity index (χ0v) is 18.0. The van der Waals surface area contributed by atoms with Gasteiger partial charge in [0, 0.05) is 25.7 Å². The molecule has 1 amide bonds. The first kappa shape index (κ1) is 19.5. The number of thiocarbonyl (C=S) groups is 1. The normalized spacial score (nSPS) is 24.9. The molecule has 6 nitrogen and oxygen atoms in total. The summed E-state index contributed by atoms with van der Waals surface area (Å²) in [6.45, 7) is 3.96. The predicted molar refractivity (Wildman–Crippen MR) is 116 cm³/mol. The highest BCUT2D eigenvalue weighted by Crippen LogP contribution is 2.50. The number of benzene rings is 2. The Kier molecular flexibility index (Phi) is 4.65. The van der Waals surface area contributed by atoms with E-state index in [0.29, 0.717) is 10.9 Å². The third-order valence-corrected chi connectivity index (χ3v) is 5.97. The van der Waals surface area contributed by atoms with Gasteiger partial charge < -0.3 is 19.7 Å². The molecule has 0 saturated carbocycles. The third-order valence-electron chi connectivity index (χ3n) is 5.67. The highest BCUT2D eigenvalue weighted by atomic mass is 32.1. The SMILES string of the molecule is COc1cccc(N2C(=S)NC3c4cc(C)ccc4OC2(C)C3C(=O)N(C)C)c1. The van der Waals surface area contributed by atoms with Crippen molar-refractivity contribution in [3.63, 3.8) is 0 Å². The largest absolute Gasteiger partial charge is 0.497 e. The van der Waals surface area contributed by atoms with Gasteiger partial charge >= 0.3 is 0 Å². The fraction of sp³-hybridized carbons (Fsp3) is 0.364. The van der Waals surface area contributed by atoms with Gasteiger partial charge in [-0.1, -0.05) is 23.8 Å². The Bertz CT molecular complexity index is 993. The molecule has 2 aromatic carbocycles. The van der Waals surface area contributed by atoms with Crippen LogP contribution in [0.25, 0.3) is 0 Å². The zero-order valence-electron chi connectivity index (χ0n) is 17.2. The van der Waals surface area contributed by atoms with E-state index in [-0.39, 0.29) is 11.9 Å². The highest BCUT2D eigenvalue weighted by Gasteiger charge is 2.59. The molecule has 2 aliphatic heterocycles. The molecule has 4 rings (SSSR count). The number of fused-ring (bicyclic) bond motifs is 4. The molecule has 0 aromatic heterocycles. The van der Waals surface area contributed by atoms with E-state index in [9.17, 15) is 4.79 Å². The summed E-state index contributed by atoms with van der Waals surface area (Å²) in [5, 5.41) is 3.93. The van der Waals surface area contributed by atoms with Crippen molar-refractivity contribution in [2.75, 3.05) is 26.1 Å². The Morgan fingerprint density at radius 3 is 2.72 bits per heavy atom. The van der Waals surface area contributed by atoms with E-state index in [2.05, 4.69) is 11.4 Å². The fourth-order valence-electron chi connectivity index (χ4n) is 4.30. The second-order valence-corrected chi connectivity index (χ2v) is 8.26. The smallest absolute Gasteiger partial charge is 0.233 e. The van der Waals surface area contributed by atoms with Crippen molar-refractivity contribution in [3.8, 4) is 11.5 Å². The monoisotopic (exact) mass is 411 g/mol. The van der Waals surface area contributed by atoms with Crippen molar-refractivity contribution in [2.24, 2.45) is 5.92 Å². The van der Waals surface area contributed by atoms with Gasteiger partial charge in [-0.3, -0.25) is 9.69 Å². The molecule has 2 aromatic rings. The van der Waals surface area contributed by atoms with E-state index in [1.807, 2.05) is 55.1 Å². The summed E-state index contributed by atoms with van der Waals surface area (Å²) in [6.07, 6.45) is 0. The van der Waals surface area contributed by atoms with Crippen molar-refractivity contribution >= 4 is 28.9 Å². The number of carbonyl (C=O) groups is 1. The molecule has 2 aliphatic rings. The Morgan fingerprint density at radius 1 is 1.28 bits per heavy atom. The molecular weight excluding hydrogens is 386 g/mol. The average molecular weight is 412 g/mol. The second-order valence-electron chi connectivity index (χ2n) is 7.87. The number of amides is 1. The molecule has 7 heteroatoms. The summed E-state index contributed by atoms with van der Waals surface area (Å²) in [4.78, 5) is 16.8. The molecule has 3 atom stereocenters. The van der Waals surface area contributed by atoms with Crippen LogP contribution in [0.4, 0.5) is 5.69 Å². The lowest BCUT2D eigenvalue weighted by Crippen LogP contribution is -2.72. The number of aryl methyl sites for hydroxylation is 1. The summed E-state index contributed by atoms with van der Waals surface area (Å²) in [5.74, 6) is 0.949. The van der Waals surface area contributed by atoms with Gasteiger partial charge in [-0.2, -0.15) is 0 Å². The van der Waals surface area contributed by atoms with Gasteiger partial charge in [-0.15, -0.1) is 0 Å². The number of nitrogens with one attached hydrogen (secondary N) is 1. The standard InChI is InChI=1S/C22H25N3O3S/c1-13-9-10-17-16(11-13)19-18(20(26)24(3)4)22(2,28-17)25(21(29)23-19)14-7-6-8-15(12-14)27-5/h6-12,18-19H,1-5H3,(H,23,29). The Hall–Kier alpha value is -2.80. The molecule has 1 N–H and O–H groups in total. The Balaban J connectivity index is 1.91. The predicted octanol–water partition coefficient (Wildman–Crippen LogP) is 3.25. The van der Waals surface area contributed by atoms with Gasteiger partial charge in [0.25, 0.3) is 0 Å². The molecule has 0 spiro atoms. The number of hydrogen-bond donors (Lipinski definition) is 1. The zero-order chi connectivity index (χ0) is 20.9. The van der Waals surface area contributed by atoms with E-state index in [1.165, 1.54) is 0 Å². The van der Waals surface area contributed by atoms with Crippen LogP contribution < -0.4 is 19.7 Å². The second kappa shape index (κ2) is 6.91. The van der Waals surface area contributed by atoms with Crippen molar-refractivity contribution in [3.05, 3.63) is 53.6 Å². The van der Waals surface area contributed by atoms with Crippen LogP contribution in [0.2, 0.25) is 0 Å². The minimum absolute atomic E-state index is 0.0208. The molecule has 1 saturated heterocycles. The molecular formula is C22H25N3O3S. The Labute approximate surface area is 176 Å². The summed E-state index contributed by atoms with van der Waals surface area (Å²) in [5.41, 5.74) is 1.86. The maximum atomic E-state index is 13.3. The molecule has 0 aliphatic carbocycles. The van der Waals surface area contributed by atoms with E-state index in [1.54, 1.807) is 26.1 Å². The van der Waals surface area contributed by atoms with Gasteiger partial charge in [0.1, 0.15) is 17.4 Å². The fourth-order valence-corrected chi connectivity index (χ4v) is 4.71. The maximum Gasteiger partial charge on any atom is 0.233 e. The van der Waals surface area contributed by atoms with E-state index in [4.69, 9.17) is 21.7 Å². The molecule has 152 valence electrons. The van der Waals surface area contributed by atoms with Crippen LogP contribution in [0.15, 0.2) is 42.5 Å². The number of hydrogen-bond acceptors (Lipinski definition) is 4. The number of ether oxygens (including phenoxy) is 2. The van der Waals surface area contributed by atoms with Gasteiger partial charge in [-0.25, -0.2) is 0 Å². The minimum Gasteiger partial charge on any atom is -0.497 e. The Morgan fingerprint density at radius 2 is 2.03 bits per heavy atom. The van der Waals surface area contributed by atoms with Crippen LogP contribution in [-0.2, 0) is 4.79 Å². The lowest BCUT2D eigenvalue weighted by Gasteiger charge is -2.56. The topological polar surface area (TPSA) is 54.0 Å². The molecule has 29 heavy (non-hydrogen) atoms. The molecule has 0 radical (unpaired) electrons. The minimum atomic E-state index is -0.997. The first-order chi connectivity index (χ1) is 13.8. The van der Waals surface area contributed by atoms with Crippen molar-refractivity contribution < 1.29 is 14.3 Å². The summed E-state index contributed by atoms with van der Waals surface area (Å²) >= 11 is 5.75. The number of rotatable bonds is 3. The van der Waals surface area contributed by atoms with Crippen molar-refractivity contribution in [2.45, 2.75) is 25.6 Å². The molecule has 2 bridgehead atoms. The number of carbonyl (C=O) groups excluding carboxylic acids is 1. The lowest BCUT2D eigenvalue weighted by molar-refractivity contribution is -0.144. The summed E-state index contributed by atoms with van der Waals surface area (Å²) < 4.78 is 11.9. The van der Waals surface area contributed by atoms with Gasteiger partial charge in [-0.05, 0) is 44.3 Å². The highest BCUT2D eigenvalue weighted by molar-refractivity contribution is 7.80. The molecule has 3 unspecified atom stereocenters. The van der Waals surface area contributed by atoms with Crippen LogP contribution in [0.5, 0.6) is 11.5 Å². The van der Waals surface area contributed by atoms with Gasteiger partial charge in [0.05, 0.1) is 18.8 Å². The van der Waals surface area contributed by atoms with Crippen LogP contribution in [0.1, 0.15) is 24.1 Å². The first-order valence-electron chi connectivity index (χ1n) is 9.52. The van der Waals surface area contributed by atoms with Crippen LogP contribution in [-0.4, -0.2) is 42.8 Å². The maximum absolute atomic E-state index is 13.3. The van der Waals surface area contributed by atoms with E-state index >= 15 is 0 Å². The third kappa shape index (κ3) is 3.00. The van der Waals surface area contributed by atoms with E-state index in [0.717, 1.165) is 22.6 Å². The van der Waals surface area contributed by atoms with Crippen molar-refractivity contribution in [1.82, 2.24) is 10.2 Å². The van der Waals surface area contributed by atoms with Crippen LogP contribution in [0, 0.1) is 12.8 Å². The summed E-state index contributed by atoms with van der Waals surface area (Å²) in [7, 11) is 5.15. The van der Waals surface area contributed by atoms with Gasteiger partial charge in [0.15, 0.2) is 10.8 Å². The van der Waals surface area contributed by atoms with Crippen LogP contribution >= 0.6 is 12.2 Å². The first-order valence-corrected chi connectivity index (χ1v) is 9.92. The average Bonchev–Trinajstić information content (AvgIpc) is 2.67. The lowest BCUT2D eigenvalue weighted by atomic mass is 9.78.